The average Bonchev–Trinajstić information content (AvgIpc) is 3.45. The minimum absolute atomic E-state index is 0.00877. The van der Waals surface area contributed by atoms with Crippen molar-refractivity contribution in [3.05, 3.63) is 54.2 Å². The fraction of sp³-hybridized carbons (Fsp3) is 0.429. The molecule has 0 fully saturated rings. The molecule has 0 atom stereocenters. The molecule has 35 heavy (non-hydrogen) atoms. The summed E-state index contributed by atoms with van der Waals surface area (Å²) in [4.78, 5) is 21.0. The standard InChI is InChI=1S/C28H36N4O2S/c1-4-6-16-31(17-7-5-2)18-8-15-29-27(33)22-11-14-25-26(19-22)35-28-30-24(20-32(25)28)21-9-12-23(34-3)13-10-21/h9-14,19-20H,4-8,15-18H2,1-3H3,(H,29,33). The Bertz CT molecular complexity index is 1240. The van der Waals surface area contributed by atoms with Gasteiger partial charge in [0.05, 0.1) is 23.0 Å². The first-order valence-electron chi connectivity index (χ1n) is 12.7. The minimum Gasteiger partial charge on any atom is -0.497 e. The van der Waals surface area contributed by atoms with E-state index < -0.39 is 0 Å². The molecular formula is C28H36N4O2S. The summed E-state index contributed by atoms with van der Waals surface area (Å²) in [5, 5.41) is 3.11. The van der Waals surface area contributed by atoms with Crippen molar-refractivity contribution in [1.82, 2.24) is 19.6 Å². The summed E-state index contributed by atoms with van der Waals surface area (Å²) in [6.07, 6.45) is 7.95. The summed E-state index contributed by atoms with van der Waals surface area (Å²) in [6.45, 7) is 8.52. The Morgan fingerprint density at radius 3 is 2.43 bits per heavy atom. The first-order valence-corrected chi connectivity index (χ1v) is 13.5. The van der Waals surface area contributed by atoms with E-state index in [2.05, 4.69) is 34.7 Å². The van der Waals surface area contributed by atoms with Crippen LogP contribution in [-0.2, 0) is 0 Å². The van der Waals surface area contributed by atoms with Crippen LogP contribution in [0, 0.1) is 0 Å². The predicted octanol–water partition coefficient (Wildman–Crippen LogP) is 6.25. The summed E-state index contributed by atoms with van der Waals surface area (Å²) < 4.78 is 8.41. The lowest BCUT2D eigenvalue weighted by Gasteiger charge is -2.21. The molecule has 0 aliphatic heterocycles. The van der Waals surface area contributed by atoms with Crippen LogP contribution in [0.4, 0.5) is 0 Å². The van der Waals surface area contributed by atoms with Crippen molar-refractivity contribution in [3.8, 4) is 17.0 Å². The summed E-state index contributed by atoms with van der Waals surface area (Å²) in [5.41, 5.74) is 3.74. The first kappa shape index (κ1) is 25.2. The highest BCUT2D eigenvalue weighted by atomic mass is 32.1. The quantitative estimate of drug-likeness (QED) is 0.224. The van der Waals surface area contributed by atoms with Gasteiger partial charge < -0.3 is 15.0 Å². The molecule has 0 saturated carbocycles. The molecule has 2 aromatic carbocycles. The molecule has 0 spiro atoms. The fourth-order valence-corrected chi connectivity index (χ4v) is 5.30. The van der Waals surface area contributed by atoms with Crippen LogP contribution in [0.25, 0.3) is 26.4 Å². The number of nitrogens with one attached hydrogen (secondary N) is 1. The van der Waals surface area contributed by atoms with Crippen molar-refractivity contribution in [2.45, 2.75) is 46.0 Å². The molecule has 0 unspecified atom stereocenters. The number of ether oxygens (including phenoxy) is 1. The third-order valence-corrected chi connectivity index (χ3v) is 7.35. The molecule has 1 N–H and O–H groups in total. The molecule has 7 heteroatoms. The maximum absolute atomic E-state index is 12.8. The molecule has 0 bridgehead atoms. The second-order valence-corrected chi connectivity index (χ2v) is 9.96. The zero-order chi connectivity index (χ0) is 24.6. The molecule has 4 rings (SSSR count). The summed E-state index contributed by atoms with van der Waals surface area (Å²) >= 11 is 1.60. The van der Waals surface area contributed by atoms with Gasteiger partial charge in [-0.1, -0.05) is 38.0 Å². The van der Waals surface area contributed by atoms with E-state index in [0.29, 0.717) is 12.1 Å². The third kappa shape index (κ3) is 6.21. The van der Waals surface area contributed by atoms with Crippen LogP contribution in [0.3, 0.4) is 0 Å². The van der Waals surface area contributed by atoms with Gasteiger partial charge in [0.15, 0.2) is 4.96 Å². The van der Waals surface area contributed by atoms with Crippen LogP contribution < -0.4 is 10.1 Å². The van der Waals surface area contributed by atoms with E-state index in [1.807, 2.05) is 42.5 Å². The molecule has 6 nitrogen and oxygen atoms in total. The maximum atomic E-state index is 12.8. The van der Waals surface area contributed by atoms with E-state index in [4.69, 9.17) is 9.72 Å². The van der Waals surface area contributed by atoms with Gasteiger partial charge in [0.25, 0.3) is 5.91 Å². The summed E-state index contributed by atoms with van der Waals surface area (Å²) in [7, 11) is 1.67. The Kier molecular flexibility index (Phi) is 8.77. The number of unbranched alkanes of at least 4 members (excludes halogenated alkanes) is 2. The molecule has 0 aliphatic carbocycles. The number of fused-ring (bicyclic) bond motifs is 3. The van der Waals surface area contributed by atoms with Crippen LogP contribution >= 0.6 is 11.3 Å². The highest BCUT2D eigenvalue weighted by Crippen LogP contribution is 2.30. The summed E-state index contributed by atoms with van der Waals surface area (Å²) in [6, 6.07) is 13.8. The number of nitrogens with zero attached hydrogens (tertiary/aromatic N) is 3. The lowest BCUT2D eigenvalue weighted by Crippen LogP contribution is -2.31. The molecule has 186 valence electrons. The molecule has 0 aliphatic rings. The van der Waals surface area contributed by atoms with Gasteiger partial charge in [0.2, 0.25) is 0 Å². The number of carbonyl (C=O) groups is 1. The number of thiazole rings is 1. The number of hydrogen-bond acceptors (Lipinski definition) is 5. The van der Waals surface area contributed by atoms with E-state index in [1.54, 1.807) is 18.4 Å². The van der Waals surface area contributed by atoms with Crippen LogP contribution in [-0.4, -0.2) is 53.5 Å². The van der Waals surface area contributed by atoms with Crippen LogP contribution in [0.5, 0.6) is 5.75 Å². The van der Waals surface area contributed by atoms with Crippen molar-refractivity contribution in [2.75, 3.05) is 33.3 Å². The van der Waals surface area contributed by atoms with Gasteiger partial charge in [0, 0.05) is 23.9 Å². The SMILES string of the molecule is CCCCN(CCCC)CCCNC(=O)c1ccc2c(c1)sc1nc(-c3ccc(OC)cc3)cn12. The van der Waals surface area contributed by atoms with Crippen molar-refractivity contribution in [1.29, 1.82) is 0 Å². The number of benzene rings is 2. The monoisotopic (exact) mass is 492 g/mol. The number of hydrogen-bond donors (Lipinski definition) is 1. The van der Waals surface area contributed by atoms with Gasteiger partial charge in [0.1, 0.15) is 5.75 Å². The number of imidazole rings is 1. The van der Waals surface area contributed by atoms with Gasteiger partial charge in [-0.3, -0.25) is 9.20 Å². The fourth-order valence-electron chi connectivity index (χ4n) is 4.25. The lowest BCUT2D eigenvalue weighted by atomic mass is 10.1. The van der Waals surface area contributed by atoms with Crippen molar-refractivity contribution in [3.63, 3.8) is 0 Å². The number of amides is 1. The first-order chi connectivity index (χ1) is 17.1. The van der Waals surface area contributed by atoms with Crippen molar-refractivity contribution in [2.24, 2.45) is 0 Å². The Balaban J connectivity index is 1.37. The normalized spacial score (nSPS) is 11.5. The Morgan fingerprint density at radius 1 is 1.03 bits per heavy atom. The second-order valence-electron chi connectivity index (χ2n) is 8.95. The van der Waals surface area contributed by atoms with Crippen LogP contribution in [0.1, 0.15) is 56.3 Å². The Labute approximate surface area is 211 Å². The topological polar surface area (TPSA) is 58.9 Å². The smallest absolute Gasteiger partial charge is 0.251 e. The number of carbonyl (C=O) groups excluding carboxylic acids is 1. The zero-order valence-corrected chi connectivity index (χ0v) is 21.9. The second kappa shape index (κ2) is 12.2. The molecule has 4 aromatic rings. The van der Waals surface area contributed by atoms with E-state index in [1.165, 1.54) is 25.7 Å². The molecule has 1 amide bonds. The molecule has 2 heterocycles. The van der Waals surface area contributed by atoms with Gasteiger partial charge in [-0.15, -0.1) is 0 Å². The third-order valence-electron chi connectivity index (χ3n) is 6.33. The van der Waals surface area contributed by atoms with Crippen LogP contribution in [0.15, 0.2) is 48.7 Å². The Hall–Kier alpha value is -2.90. The van der Waals surface area contributed by atoms with Gasteiger partial charge in [-0.2, -0.15) is 0 Å². The van der Waals surface area contributed by atoms with Crippen LogP contribution in [0.2, 0.25) is 0 Å². The van der Waals surface area contributed by atoms with Gasteiger partial charge in [-0.25, -0.2) is 4.98 Å². The van der Waals surface area contributed by atoms with Gasteiger partial charge >= 0.3 is 0 Å². The number of rotatable bonds is 13. The average molecular weight is 493 g/mol. The maximum Gasteiger partial charge on any atom is 0.251 e. The largest absolute Gasteiger partial charge is 0.497 e. The Morgan fingerprint density at radius 2 is 1.74 bits per heavy atom. The molecule has 0 saturated heterocycles. The van der Waals surface area contributed by atoms with E-state index in [9.17, 15) is 4.79 Å². The van der Waals surface area contributed by atoms with E-state index in [-0.39, 0.29) is 5.91 Å². The molecular weight excluding hydrogens is 456 g/mol. The molecule has 2 aromatic heterocycles. The van der Waals surface area contributed by atoms with E-state index >= 15 is 0 Å². The highest BCUT2D eigenvalue weighted by molar-refractivity contribution is 7.23. The van der Waals surface area contributed by atoms with Crippen molar-refractivity contribution >= 4 is 32.4 Å². The lowest BCUT2D eigenvalue weighted by molar-refractivity contribution is 0.0951. The number of methoxy groups -OCH3 is 1. The predicted molar refractivity (Wildman–Crippen MR) is 146 cm³/mol. The zero-order valence-electron chi connectivity index (χ0n) is 21.0. The highest BCUT2D eigenvalue weighted by Gasteiger charge is 2.13. The van der Waals surface area contributed by atoms with E-state index in [0.717, 1.165) is 58.2 Å². The molecule has 0 radical (unpaired) electrons. The van der Waals surface area contributed by atoms with Gasteiger partial charge in [-0.05, 0) is 81.4 Å². The minimum atomic E-state index is -0.00877. The van der Waals surface area contributed by atoms with Crippen molar-refractivity contribution < 1.29 is 9.53 Å². The summed E-state index contributed by atoms with van der Waals surface area (Å²) in [5.74, 6) is 0.821. The number of aromatic nitrogens is 2.